The number of hydrogen-bond donors (Lipinski definition) is 1. The molecule has 2 heteroatoms. The summed E-state index contributed by atoms with van der Waals surface area (Å²) in [5.74, 6) is 0. The van der Waals surface area contributed by atoms with Crippen molar-refractivity contribution in [2.24, 2.45) is 0 Å². The van der Waals surface area contributed by atoms with Crippen molar-refractivity contribution in [3.05, 3.63) is 60.7 Å². The lowest BCUT2D eigenvalue weighted by molar-refractivity contribution is 0.226. The van der Waals surface area contributed by atoms with E-state index in [1.165, 1.54) is 11.1 Å². The molecule has 0 fully saturated rings. The summed E-state index contributed by atoms with van der Waals surface area (Å²) in [6.07, 6.45) is -0.235. The van der Waals surface area contributed by atoms with Crippen LogP contribution in [0.1, 0.15) is 13.3 Å². The van der Waals surface area contributed by atoms with Gasteiger partial charge in [-0.05, 0) is 17.5 Å². The second-order valence-electron chi connectivity index (χ2n) is 3.79. The van der Waals surface area contributed by atoms with Crippen LogP contribution in [0, 0.1) is 11.3 Å². The highest BCUT2D eigenvalue weighted by Gasteiger charge is 1.92. The van der Waals surface area contributed by atoms with Crippen LogP contribution < -0.4 is 0 Å². The first-order valence-corrected chi connectivity index (χ1v) is 5.96. The van der Waals surface area contributed by atoms with E-state index in [1.54, 1.807) is 13.0 Å². The van der Waals surface area contributed by atoms with E-state index in [2.05, 4.69) is 48.5 Å². The lowest BCUT2D eigenvalue weighted by Crippen LogP contribution is -1.97. The summed E-state index contributed by atoms with van der Waals surface area (Å²) in [6, 6.07) is 22.5. The molecule has 0 aliphatic rings. The van der Waals surface area contributed by atoms with Crippen LogP contribution >= 0.6 is 0 Å². The predicted octanol–water partition coefficient (Wildman–Crippen LogP) is 3.63. The Bertz CT molecular complexity index is 436. The average Bonchev–Trinajstić information content (AvgIpc) is 2.49. The molecule has 2 aromatic carbocycles. The number of rotatable bonds is 2. The Morgan fingerprint density at radius 3 is 1.56 bits per heavy atom. The summed E-state index contributed by atoms with van der Waals surface area (Å²) in [7, 11) is 0. The first kappa shape index (κ1) is 14.0. The maximum absolute atomic E-state index is 8.31. The monoisotopic (exact) mass is 239 g/mol. The van der Waals surface area contributed by atoms with Crippen molar-refractivity contribution in [1.29, 1.82) is 5.26 Å². The number of nitriles is 1. The zero-order valence-corrected chi connectivity index (χ0v) is 10.5. The second-order valence-corrected chi connectivity index (χ2v) is 3.79. The molecule has 0 aliphatic heterocycles. The molecule has 0 spiro atoms. The van der Waals surface area contributed by atoms with E-state index in [4.69, 9.17) is 10.4 Å². The molecular weight excluding hydrogens is 222 g/mol. The number of nitrogens with zero attached hydrogens (tertiary/aromatic N) is 1. The highest BCUT2D eigenvalue weighted by molar-refractivity contribution is 5.62. The quantitative estimate of drug-likeness (QED) is 0.813. The Hall–Kier alpha value is -2.11. The van der Waals surface area contributed by atoms with Gasteiger partial charge >= 0.3 is 0 Å². The first-order valence-electron chi connectivity index (χ1n) is 5.96. The molecular formula is C16H17NO. The largest absolute Gasteiger partial charge is 0.378 e. The van der Waals surface area contributed by atoms with Gasteiger partial charge in [0, 0.05) is 0 Å². The van der Waals surface area contributed by atoms with Crippen LogP contribution in [0.5, 0.6) is 0 Å². The fraction of sp³-hybridized carbons (Fsp3) is 0.188. The van der Waals surface area contributed by atoms with Gasteiger partial charge in [0.1, 0.15) is 6.10 Å². The van der Waals surface area contributed by atoms with E-state index >= 15 is 0 Å². The molecule has 0 bridgehead atoms. The van der Waals surface area contributed by atoms with Crippen molar-refractivity contribution >= 4 is 0 Å². The standard InChI is InChI=1S/C12H10.C4H7NO/c1-3-7-11(8-4-1)12-9-5-2-6-10-12;1-2-4(6)3-5/h1-10H;4,6H,2H2,1H3. The molecule has 92 valence electrons. The summed E-state index contributed by atoms with van der Waals surface area (Å²) < 4.78 is 0. The molecule has 0 heterocycles. The molecule has 0 aromatic heterocycles. The molecule has 2 rings (SSSR count). The van der Waals surface area contributed by atoms with Crippen molar-refractivity contribution < 1.29 is 5.11 Å². The number of benzene rings is 2. The van der Waals surface area contributed by atoms with Crippen LogP contribution in [0.2, 0.25) is 0 Å². The van der Waals surface area contributed by atoms with Gasteiger partial charge in [0.15, 0.2) is 0 Å². The van der Waals surface area contributed by atoms with Gasteiger partial charge in [-0.2, -0.15) is 5.26 Å². The number of hydrogen-bond acceptors (Lipinski definition) is 2. The Morgan fingerprint density at radius 1 is 0.944 bits per heavy atom. The fourth-order valence-corrected chi connectivity index (χ4v) is 1.35. The van der Waals surface area contributed by atoms with Gasteiger partial charge < -0.3 is 5.11 Å². The Kier molecular flexibility index (Phi) is 6.24. The smallest absolute Gasteiger partial charge is 0.140 e. The SMILES string of the molecule is CCC(O)C#N.c1ccc(-c2ccccc2)cc1. The zero-order valence-electron chi connectivity index (χ0n) is 10.5. The Balaban J connectivity index is 0.000000232. The fourth-order valence-electron chi connectivity index (χ4n) is 1.35. The molecule has 1 atom stereocenters. The molecule has 2 nitrogen and oxygen atoms in total. The van der Waals surface area contributed by atoms with Crippen molar-refractivity contribution in [1.82, 2.24) is 0 Å². The molecule has 2 aromatic rings. The van der Waals surface area contributed by atoms with Crippen molar-refractivity contribution in [3.63, 3.8) is 0 Å². The zero-order chi connectivity index (χ0) is 13.2. The first-order chi connectivity index (χ1) is 8.77. The summed E-state index contributed by atoms with van der Waals surface area (Å²) in [4.78, 5) is 0. The lowest BCUT2D eigenvalue weighted by Gasteiger charge is -1.98. The van der Waals surface area contributed by atoms with Crippen molar-refractivity contribution in [3.8, 4) is 17.2 Å². The van der Waals surface area contributed by atoms with Crippen molar-refractivity contribution in [2.75, 3.05) is 0 Å². The molecule has 0 saturated carbocycles. The highest BCUT2D eigenvalue weighted by atomic mass is 16.3. The molecule has 0 amide bonds. The van der Waals surface area contributed by atoms with E-state index in [-0.39, 0.29) is 0 Å². The van der Waals surface area contributed by atoms with E-state index in [0.717, 1.165) is 0 Å². The van der Waals surface area contributed by atoms with Crippen LogP contribution in [0.15, 0.2) is 60.7 Å². The van der Waals surface area contributed by atoms with E-state index in [0.29, 0.717) is 6.42 Å². The Labute approximate surface area is 108 Å². The lowest BCUT2D eigenvalue weighted by atomic mass is 10.1. The van der Waals surface area contributed by atoms with Gasteiger partial charge in [0.05, 0.1) is 6.07 Å². The van der Waals surface area contributed by atoms with Gasteiger partial charge in [-0.3, -0.25) is 0 Å². The summed E-state index contributed by atoms with van der Waals surface area (Å²) in [5.41, 5.74) is 2.55. The minimum absolute atomic E-state index is 0.524. The molecule has 0 saturated heterocycles. The predicted molar refractivity (Wildman–Crippen MR) is 73.8 cm³/mol. The van der Waals surface area contributed by atoms with E-state index < -0.39 is 6.10 Å². The van der Waals surface area contributed by atoms with E-state index in [1.807, 2.05) is 12.1 Å². The summed E-state index contributed by atoms with van der Waals surface area (Å²) in [6.45, 7) is 1.76. The third-order valence-electron chi connectivity index (χ3n) is 2.42. The van der Waals surface area contributed by atoms with Gasteiger partial charge in [0.2, 0.25) is 0 Å². The highest BCUT2D eigenvalue weighted by Crippen LogP contribution is 2.17. The Morgan fingerprint density at radius 2 is 1.33 bits per heavy atom. The number of aliphatic hydroxyl groups is 1. The molecule has 0 aliphatic carbocycles. The van der Waals surface area contributed by atoms with Crippen LogP contribution in [-0.2, 0) is 0 Å². The van der Waals surface area contributed by atoms with Crippen LogP contribution in [0.4, 0.5) is 0 Å². The third-order valence-corrected chi connectivity index (χ3v) is 2.42. The molecule has 1 N–H and O–H groups in total. The third kappa shape index (κ3) is 4.82. The molecule has 0 radical (unpaired) electrons. The summed E-state index contributed by atoms with van der Waals surface area (Å²) in [5, 5.41) is 16.1. The maximum Gasteiger partial charge on any atom is 0.140 e. The second kappa shape index (κ2) is 8.05. The van der Waals surface area contributed by atoms with E-state index in [9.17, 15) is 0 Å². The van der Waals surface area contributed by atoms with Gasteiger partial charge in [-0.25, -0.2) is 0 Å². The topological polar surface area (TPSA) is 44.0 Å². The van der Waals surface area contributed by atoms with Crippen LogP contribution in [0.25, 0.3) is 11.1 Å². The van der Waals surface area contributed by atoms with Gasteiger partial charge in [0.25, 0.3) is 0 Å². The normalized spacial score (nSPS) is 10.7. The minimum atomic E-state index is -0.759. The van der Waals surface area contributed by atoms with Gasteiger partial charge in [-0.15, -0.1) is 0 Å². The maximum atomic E-state index is 8.31. The van der Waals surface area contributed by atoms with Crippen LogP contribution in [0.3, 0.4) is 0 Å². The minimum Gasteiger partial charge on any atom is -0.378 e. The van der Waals surface area contributed by atoms with Crippen molar-refractivity contribution in [2.45, 2.75) is 19.4 Å². The van der Waals surface area contributed by atoms with Gasteiger partial charge in [-0.1, -0.05) is 67.6 Å². The number of aliphatic hydroxyl groups excluding tert-OH is 1. The molecule has 1 unspecified atom stereocenters. The average molecular weight is 239 g/mol. The van der Waals surface area contributed by atoms with Crippen LogP contribution in [-0.4, -0.2) is 11.2 Å². The summed E-state index contributed by atoms with van der Waals surface area (Å²) >= 11 is 0. The molecule has 18 heavy (non-hydrogen) atoms.